The van der Waals surface area contributed by atoms with Crippen LogP contribution in [0.1, 0.15) is 22.0 Å². The summed E-state index contributed by atoms with van der Waals surface area (Å²) in [6.45, 7) is 0.215. The normalized spacial score (nSPS) is 20.1. The topological polar surface area (TPSA) is 75.4 Å². The molecule has 4 nitrogen and oxygen atoms in total. The van der Waals surface area contributed by atoms with Gasteiger partial charge in [0, 0.05) is 12.1 Å². The monoisotopic (exact) mass is 212 g/mol. The minimum atomic E-state index is -0.706. The number of benzene rings is 1. The Kier molecular flexibility index (Phi) is 2.09. The zero-order valence-electron chi connectivity index (χ0n) is 7.25. The number of amides is 1. The number of halogens is 1. The van der Waals surface area contributed by atoms with Gasteiger partial charge in [-0.3, -0.25) is 4.79 Å². The van der Waals surface area contributed by atoms with Crippen LogP contribution < -0.4 is 11.1 Å². The molecule has 1 aromatic carbocycles. The van der Waals surface area contributed by atoms with Gasteiger partial charge < -0.3 is 16.2 Å². The average molecular weight is 213 g/mol. The first kappa shape index (κ1) is 9.30. The van der Waals surface area contributed by atoms with E-state index in [-0.39, 0.29) is 12.5 Å². The number of aliphatic hydroxyl groups excluding tert-OH is 1. The van der Waals surface area contributed by atoms with Gasteiger partial charge in [-0.25, -0.2) is 0 Å². The van der Waals surface area contributed by atoms with Crippen LogP contribution in [0.5, 0.6) is 0 Å². The molecule has 14 heavy (non-hydrogen) atoms. The highest BCUT2D eigenvalue weighted by Crippen LogP contribution is 2.29. The van der Waals surface area contributed by atoms with Crippen molar-refractivity contribution in [3.05, 3.63) is 28.3 Å². The summed E-state index contributed by atoms with van der Waals surface area (Å²) in [5.74, 6) is -0.229. The number of hydrogen-bond donors (Lipinski definition) is 3. The van der Waals surface area contributed by atoms with Crippen LogP contribution in [0.4, 0.5) is 5.69 Å². The number of rotatable bonds is 0. The molecule has 1 aliphatic heterocycles. The van der Waals surface area contributed by atoms with Crippen LogP contribution in [0.3, 0.4) is 0 Å². The highest BCUT2D eigenvalue weighted by Gasteiger charge is 2.24. The van der Waals surface area contributed by atoms with Gasteiger partial charge in [-0.15, -0.1) is 0 Å². The fourth-order valence-electron chi connectivity index (χ4n) is 1.47. The van der Waals surface area contributed by atoms with Crippen LogP contribution in [-0.2, 0) is 0 Å². The Morgan fingerprint density at radius 1 is 1.57 bits per heavy atom. The number of hydrogen-bond acceptors (Lipinski definition) is 3. The molecular weight excluding hydrogens is 204 g/mol. The van der Waals surface area contributed by atoms with Crippen molar-refractivity contribution in [1.82, 2.24) is 5.32 Å². The molecule has 0 saturated carbocycles. The van der Waals surface area contributed by atoms with Crippen molar-refractivity contribution < 1.29 is 9.90 Å². The second-order valence-electron chi connectivity index (χ2n) is 3.19. The summed E-state index contributed by atoms with van der Waals surface area (Å²) in [6, 6.07) is 3.02. The Labute approximate surface area is 85.7 Å². The smallest absolute Gasteiger partial charge is 0.251 e. The van der Waals surface area contributed by atoms with Crippen LogP contribution >= 0.6 is 11.6 Å². The molecule has 0 fully saturated rings. The molecule has 0 radical (unpaired) electrons. The summed E-state index contributed by atoms with van der Waals surface area (Å²) in [6.07, 6.45) is -0.706. The number of fused-ring (bicyclic) bond motifs is 1. The molecule has 0 saturated heterocycles. The van der Waals surface area contributed by atoms with Gasteiger partial charge in [-0.1, -0.05) is 11.6 Å². The highest BCUT2D eigenvalue weighted by molar-refractivity contribution is 6.33. The molecule has 0 aliphatic carbocycles. The van der Waals surface area contributed by atoms with E-state index in [9.17, 15) is 9.90 Å². The van der Waals surface area contributed by atoms with E-state index in [4.69, 9.17) is 17.3 Å². The van der Waals surface area contributed by atoms with E-state index in [1.54, 1.807) is 6.07 Å². The SMILES string of the molecule is Nc1cc2c(cc1Cl)C(=O)NCC2O. The maximum atomic E-state index is 11.4. The summed E-state index contributed by atoms with van der Waals surface area (Å²) in [4.78, 5) is 11.4. The van der Waals surface area contributed by atoms with Crippen molar-refractivity contribution >= 4 is 23.2 Å². The number of nitrogens with one attached hydrogen (secondary N) is 1. The lowest BCUT2D eigenvalue weighted by molar-refractivity contribution is 0.0876. The summed E-state index contributed by atoms with van der Waals surface area (Å²) < 4.78 is 0. The molecular formula is C9H9ClN2O2. The van der Waals surface area contributed by atoms with Gasteiger partial charge in [0.15, 0.2) is 0 Å². The Hall–Kier alpha value is -1.26. The van der Waals surface area contributed by atoms with Crippen molar-refractivity contribution in [3.63, 3.8) is 0 Å². The van der Waals surface area contributed by atoms with E-state index in [0.717, 1.165) is 0 Å². The van der Waals surface area contributed by atoms with Crippen LogP contribution in [0.2, 0.25) is 5.02 Å². The average Bonchev–Trinajstić information content (AvgIpc) is 2.15. The number of nitrogens with two attached hydrogens (primary N) is 1. The van der Waals surface area contributed by atoms with E-state index < -0.39 is 6.10 Å². The largest absolute Gasteiger partial charge is 0.398 e. The molecule has 1 unspecified atom stereocenters. The number of nitrogen functional groups attached to an aromatic ring is 1. The molecule has 0 spiro atoms. The molecule has 5 heteroatoms. The standard InChI is InChI=1S/C9H9ClN2O2/c10-6-1-5-4(2-7(6)11)8(13)3-12-9(5)14/h1-2,8,13H,3,11H2,(H,12,14). The molecule has 74 valence electrons. The maximum absolute atomic E-state index is 11.4. The molecule has 4 N–H and O–H groups in total. The fourth-order valence-corrected chi connectivity index (χ4v) is 1.64. The number of aliphatic hydroxyl groups is 1. The molecule has 0 aromatic heterocycles. The first-order valence-electron chi connectivity index (χ1n) is 4.15. The van der Waals surface area contributed by atoms with E-state index in [2.05, 4.69) is 5.32 Å². The second kappa shape index (κ2) is 3.15. The number of anilines is 1. The lowest BCUT2D eigenvalue weighted by atomic mass is 9.97. The fraction of sp³-hybridized carbons (Fsp3) is 0.222. The quantitative estimate of drug-likeness (QED) is 0.554. The summed E-state index contributed by atoms with van der Waals surface area (Å²) in [5.41, 5.74) is 6.88. The zero-order chi connectivity index (χ0) is 10.3. The molecule has 1 amide bonds. The minimum absolute atomic E-state index is 0.215. The first-order chi connectivity index (χ1) is 6.59. The predicted octanol–water partition coefficient (Wildman–Crippen LogP) is 0.699. The second-order valence-corrected chi connectivity index (χ2v) is 3.59. The Morgan fingerprint density at radius 2 is 2.29 bits per heavy atom. The molecule has 1 atom stereocenters. The van der Waals surface area contributed by atoms with Crippen LogP contribution in [0, 0.1) is 0 Å². The number of carbonyl (C=O) groups excluding carboxylic acids is 1. The summed E-state index contributed by atoms with van der Waals surface area (Å²) in [7, 11) is 0. The highest BCUT2D eigenvalue weighted by atomic mass is 35.5. The van der Waals surface area contributed by atoms with Crippen LogP contribution in [0.15, 0.2) is 12.1 Å². The van der Waals surface area contributed by atoms with E-state index in [1.165, 1.54) is 6.07 Å². The molecule has 1 aliphatic rings. The molecule has 0 bridgehead atoms. The third-order valence-electron chi connectivity index (χ3n) is 2.23. The van der Waals surface area contributed by atoms with E-state index in [0.29, 0.717) is 21.8 Å². The lowest BCUT2D eigenvalue weighted by Crippen LogP contribution is -2.35. The van der Waals surface area contributed by atoms with E-state index in [1.807, 2.05) is 0 Å². The number of carbonyl (C=O) groups is 1. The molecule has 1 heterocycles. The van der Waals surface area contributed by atoms with Crippen LogP contribution in [0.25, 0.3) is 0 Å². The lowest BCUT2D eigenvalue weighted by Gasteiger charge is -2.22. The van der Waals surface area contributed by atoms with Crippen LogP contribution in [-0.4, -0.2) is 17.6 Å². The zero-order valence-corrected chi connectivity index (χ0v) is 8.01. The van der Waals surface area contributed by atoms with Gasteiger partial charge in [0.1, 0.15) is 0 Å². The van der Waals surface area contributed by atoms with Gasteiger partial charge in [0.2, 0.25) is 0 Å². The van der Waals surface area contributed by atoms with Crippen molar-refractivity contribution in [1.29, 1.82) is 0 Å². The minimum Gasteiger partial charge on any atom is -0.398 e. The maximum Gasteiger partial charge on any atom is 0.251 e. The van der Waals surface area contributed by atoms with Gasteiger partial charge in [-0.2, -0.15) is 0 Å². The first-order valence-corrected chi connectivity index (χ1v) is 4.52. The molecule has 1 aromatic rings. The third-order valence-corrected chi connectivity index (χ3v) is 2.56. The van der Waals surface area contributed by atoms with Gasteiger partial charge in [0.25, 0.3) is 5.91 Å². The van der Waals surface area contributed by atoms with Crippen molar-refractivity contribution in [3.8, 4) is 0 Å². The Balaban J connectivity index is 2.62. The van der Waals surface area contributed by atoms with Crippen molar-refractivity contribution in [2.75, 3.05) is 12.3 Å². The van der Waals surface area contributed by atoms with E-state index >= 15 is 0 Å². The Morgan fingerprint density at radius 3 is 3.00 bits per heavy atom. The van der Waals surface area contributed by atoms with Crippen molar-refractivity contribution in [2.24, 2.45) is 0 Å². The number of β-amino-alcohol motifs (C(OH)–C–C–N with tert-alkyl or cyclic N) is 1. The summed E-state index contributed by atoms with van der Waals surface area (Å²) in [5, 5.41) is 12.5. The predicted molar refractivity (Wildman–Crippen MR) is 53.2 cm³/mol. The third kappa shape index (κ3) is 1.32. The van der Waals surface area contributed by atoms with Gasteiger partial charge in [-0.05, 0) is 17.7 Å². The Bertz CT molecular complexity index is 406. The summed E-state index contributed by atoms with van der Waals surface area (Å²) >= 11 is 5.77. The van der Waals surface area contributed by atoms with Gasteiger partial charge >= 0.3 is 0 Å². The van der Waals surface area contributed by atoms with Crippen molar-refractivity contribution in [2.45, 2.75) is 6.10 Å². The molecule has 2 rings (SSSR count). The van der Waals surface area contributed by atoms with Gasteiger partial charge in [0.05, 0.1) is 16.8 Å².